The van der Waals surface area contributed by atoms with E-state index in [1.807, 2.05) is 20.1 Å². The van der Waals surface area contributed by atoms with Crippen LogP contribution in [0.2, 0.25) is 0 Å². The number of benzene rings is 1. The highest BCUT2D eigenvalue weighted by Crippen LogP contribution is 2.37. The van der Waals surface area contributed by atoms with Crippen molar-refractivity contribution in [3.63, 3.8) is 0 Å². The molecule has 1 aliphatic rings. The number of aromatic hydroxyl groups is 1. The number of nitrogens with one attached hydrogen (secondary N) is 1. The number of allylic oxidation sites excluding steroid dienone is 2. The number of carbonyl (C=O) groups is 1. The van der Waals surface area contributed by atoms with Gasteiger partial charge in [-0.25, -0.2) is 0 Å². The van der Waals surface area contributed by atoms with Gasteiger partial charge in [0.25, 0.3) is 0 Å². The summed E-state index contributed by atoms with van der Waals surface area (Å²) in [5.74, 6) is 0.461. The Morgan fingerprint density at radius 1 is 1.09 bits per heavy atom. The Kier molecular flexibility index (Phi) is 8.36. The Morgan fingerprint density at radius 2 is 1.72 bits per heavy atom. The average molecular weight is 441 g/mol. The summed E-state index contributed by atoms with van der Waals surface area (Å²) < 4.78 is 0. The van der Waals surface area contributed by atoms with Gasteiger partial charge in [0.05, 0.1) is 6.04 Å². The minimum absolute atomic E-state index is 0.0175. The Balaban J connectivity index is 2.40. The van der Waals surface area contributed by atoms with Crippen molar-refractivity contribution >= 4 is 12.0 Å². The molecule has 178 valence electrons. The van der Waals surface area contributed by atoms with Crippen molar-refractivity contribution in [3.05, 3.63) is 40.1 Å². The molecule has 4 heteroatoms. The first-order valence-corrected chi connectivity index (χ1v) is 12.1. The van der Waals surface area contributed by atoms with Gasteiger partial charge in [0.1, 0.15) is 5.75 Å². The monoisotopic (exact) mass is 440 g/mol. The fraction of sp³-hybridized carbons (Fsp3) is 0.643. The molecule has 0 spiro atoms. The lowest BCUT2D eigenvalue weighted by atomic mass is 9.79. The largest absolute Gasteiger partial charge is 0.507 e. The van der Waals surface area contributed by atoms with E-state index in [1.165, 1.54) is 5.56 Å². The second kappa shape index (κ2) is 10.2. The molecular weight excluding hydrogens is 396 g/mol. The van der Waals surface area contributed by atoms with Gasteiger partial charge in [-0.1, -0.05) is 67.4 Å². The van der Waals surface area contributed by atoms with Crippen molar-refractivity contribution in [1.82, 2.24) is 5.32 Å². The second-order valence-electron chi connectivity index (χ2n) is 11.4. The minimum Gasteiger partial charge on any atom is -0.507 e. The summed E-state index contributed by atoms with van der Waals surface area (Å²) in [5.41, 5.74) is 4.61. The van der Waals surface area contributed by atoms with Crippen LogP contribution in [0.3, 0.4) is 0 Å². The van der Waals surface area contributed by atoms with E-state index in [9.17, 15) is 9.90 Å². The number of hydrogen-bond acceptors (Lipinski definition) is 4. The molecule has 0 radical (unpaired) electrons. The van der Waals surface area contributed by atoms with E-state index >= 15 is 0 Å². The maximum atomic E-state index is 12.0. The quantitative estimate of drug-likeness (QED) is 0.388. The van der Waals surface area contributed by atoms with Crippen LogP contribution >= 0.6 is 0 Å². The van der Waals surface area contributed by atoms with Crippen LogP contribution < -0.4 is 5.32 Å². The molecular formula is C28H44N2O2. The molecule has 1 fully saturated rings. The van der Waals surface area contributed by atoms with Crippen molar-refractivity contribution in [3.8, 4) is 5.75 Å². The number of hydrogen-bond donors (Lipinski definition) is 2. The van der Waals surface area contributed by atoms with Gasteiger partial charge in [-0.05, 0) is 55.6 Å². The van der Waals surface area contributed by atoms with Crippen molar-refractivity contribution < 1.29 is 9.90 Å². The molecule has 32 heavy (non-hydrogen) atoms. The van der Waals surface area contributed by atoms with Crippen LogP contribution in [0, 0.1) is 0 Å². The lowest BCUT2D eigenvalue weighted by Crippen LogP contribution is -2.41. The number of ketones is 1. The van der Waals surface area contributed by atoms with E-state index in [0.29, 0.717) is 5.75 Å². The molecule has 0 aromatic heterocycles. The van der Waals surface area contributed by atoms with Gasteiger partial charge >= 0.3 is 0 Å². The summed E-state index contributed by atoms with van der Waals surface area (Å²) in [7, 11) is 0. The van der Waals surface area contributed by atoms with Gasteiger partial charge in [0.2, 0.25) is 0 Å². The number of phenolic OH excluding ortho intramolecular Hbond substituents is 1. The van der Waals surface area contributed by atoms with E-state index in [1.54, 1.807) is 6.92 Å². The number of Topliss-reactive ketones (excluding diaryl/α,β-unsaturated/α-hetero) is 1. The number of rotatable bonds is 6. The molecule has 0 aliphatic heterocycles. The maximum absolute atomic E-state index is 12.0. The first-order chi connectivity index (χ1) is 14.8. The van der Waals surface area contributed by atoms with Crippen molar-refractivity contribution in [2.24, 2.45) is 4.99 Å². The van der Waals surface area contributed by atoms with Crippen LogP contribution in [0.5, 0.6) is 5.75 Å². The highest BCUT2D eigenvalue weighted by molar-refractivity contribution is 5.93. The summed E-state index contributed by atoms with van der Waals surface area (Å²) in [5, 5.41) is 14.7. The fourth-order valence-electron chi connectivity index (χ4n) is 4.54. The molecule has 0 amide bonds. The van der Waals surface area contributed by atoms with Crippen LogP contribution in [-0.4, -0.2) is 29.2 Å². The molecule has 2 atom stereocenters. The lowest BCUT2D eigenvalue weighted by molar-refractivity contribution is -0.113. The summed E-state index contributed by atoms with van der Waals surface area (Å²) in [4.78, 5) is 16.9. The van der Waals surface area contributed by atoms with Crippen LogP contribution in [0.25, 0.3) is 0 Å². The highest BCUT2D eigenvalue weighted by atomic mass is 16.3. The molecule has 1 saturated carbocycles. The van der Waals surface area contributed by atoms with E-state index < -0.39 is 0 Å². The molecule has 2 N–H and O–H groups in total. The zero-order valence-electron chi connectivity index (χ0n) is 21.7. The molecule has 1 aromatic carbocycles. The van der Waals surface area contributed by atoms with Gasteiger partial charge in [0.15, 0.2) is 5.78 Å². The first kappa shape index (κ1) is 26.2. The second-order valence-corrected chi connectivity index (χ2v) is 11.4. The van der Waals surface area contributed by atoms with Crippen molar-refractivity contribution in [2.75, 3.05) is 0 Å². The molecule has 0 heterocycles. The van der Waals surface area contributed by atoms with Crippen LogP contribution in [0.4, 0.5) is 0 Å². The minimum atomic E-state index is -0.159. The summed E-state index contributed by atoms with van der Waals surface area (Å²) in [6, 6.07) is 4.55. The normalized spacial score (nSPS) is 20.9. The number of carbonyl (C=O) groups excluding carboxylic acids is 1. The molecule has 2 unspecified atom stereocenters. The standard InChI is InChI=1S/C28H44N2O2/c1-10-22(19(3)31)18(2)30-25-14-12-11-13-24(25)29-17-20-15-21(27(4,5)6)16-23(26(20)32)28(7,8)9/h15-17,24-25,30,32H,10-14H2,1-9H3. The summed E-state index contributed by atoms with van der Waals surface area (Å²) in [6.07, 6.45) is 6.96. The van der Waals surface area contributed by atoms with Crippen molar-refractivity contribution in [1.29, 1.82) is 0 Å². The third kappa shape index (κ3) is 6.46. The predicted molar refractivity (Wildman–Crippen MR) is 136 cm³/mol. The first-order valence-electron chi connectivity index (χ1n) is 12.1. The molecule has 0 bridgehead atoms. The Hall–Kier alpha value is -2.10. The zero-order chi connectivity index (χ0) is 24.3. The summed E-state index contributed by atoms with van der Waals surface area (Å²) in [6.45, 7) is 18.7. The van der Waals surface area contributed by atoms with E-state index in [0.717, 1.165) is 54.5 Å². The van der Waals surface area contributed by atoms with Crippen LogP contribution in [0.15, 0.2) is 28.4 Å². The fourth-order valence-corrected chi connectivity index (χ4v) is 4.54. The number of phenols is 1. The van der Waals surface area contributed by atoms with Gasteiger partial charge in [0, 0.05) is 34.7 Å². The highest BCUT2D eigenvalue weighted by Gasteiger charge is 2.27. The lowest BCUT2D eigenvalue weighted by Gasteiger charge is -2.31. The Bertz CT molecular complexity index is 882. The summed E-state index contributed by atoms with van der Waals surface area (Å²) >= 11 is 0. The van der Waals surface area contributed by atoms with Crippen LogP contribution in [-0.2, 0) is 15.6 Å². The molecule has 1 aromatic rings. The maximum Gasteiger partial charge on any atom is 0.157 e. The third-order valence-electron chi connectivity index (χ3n) is 6.58. The zero-order valence-corrected chi connectivity index (χ0v) is 21.7. The molecule has 4 nitrogen and oxygen atoms in total. The molecule has 1 aliphatic carbocycles. The van der Waals surface area contributed by atoms with Gasteiger partial charge < -0.3 is 10.4 Å². The topological polar surface area (TPSA) is 61.7 Å². The smallest absolute Gasteiger partial charge is 0.157 e. The van der Waals surface area contributed by atoms with E-state index in [4.69, 9.17) is 4.99 Å². The van der Waals surface area contributed by atoms with Gasteiger partial charge in [-0.3, -0.25) is 9.79 Å². The van der Waals surface area contributed by atoms with Gasteiger partial charge in [-0.2, -0.15) is 0 Å². The number of nitrogens with zero attached hydrogens (tertiary/aromatic N) is 1. The van der Waals surface area contributed by atoms with Crippen molar-refractivity contribution in [2.45, 2.75) is 117 Å². The third-order valence-corrected chi connectivity index (χ3v) is 6.58. The average Bonchev–Trinajstić information content (AvgIpc) is 2.66. The Labute approximate surface area is 195 Å². The number of aliphatic imine (C=N–C) groups is 1. The molecule has 2 rings (SSSR count). The molecule has 0 saturated heterocycles. The van der Waals surface area contributed by atoms with Crippen LogP contribution in [0.1, 0.15) is 111 Å². The predicted octanol–water partition coefficient (Wildman–Crippen LogP) is 6.58. The van der Waals surface area contributed by atoms with E-state index in [-0.39, 0.29) is 28.7 Å². The van der Waals surface area contributed by atoms with E-state index in [2.05, 4.69) is 59.0 Å². The van der Waals surface area contributed by atoms with Gasteiger partial charge in [-0.15, -0.1) is 0 Å². The Morgan fingerprint density at radius 3 is 2.25 bits per heavy atom. The SMILES string of the molecule is CCC(C(C)=O)=C(C)NC1CCCCC1N=Cc1cc(C(C)(C)C)cc(C(C)(C)C)c1O.